The third-order valence-electron chi connectivity index (χ3n) is 2.88. The second-order valence-electron chi connectivity index (χ2n) is 4.27. The highest BCUT2D eigenvalue weighted by atomic mass is 14.2. The van der Waals surface area contributed by atoms with Gasteiger partial charge in [0.1, 0.15) is 0 Å². The molecule has 0 N–H and O–H groups in total. The van der Waals surface area contributed by atoms with E-state index in [2.05, 4.69) is 45.1 Å². The van der Waals surface area contributed by atoms with Crippen LogP contribution in [0.3, 0.4) is 0 Å². The smallest absolute Gasteiger partial charge is 0.0193 e. The standard InChI is InChI=1S/C12H20/c1-10(2)11(3)9-12-7-5-4-6-8-12/h4-7,10-12H,8-9H2,1-3H3. The van der Waals surface area contributed by atoms with Gasteiger partial charge in [-0.25, -0.2) is 0 Å². The summed E-state index contributed by atoms with van der Waals surface area (Å²) in [5.74, 6) is 2.47. The first-order chi connectivity index (χ1) is 5.70. The van der Waals surface area contributed by atoms with Crippen molar-refractivity contribution < 1.29 is 0 Å². The molecule has 0 saturated carbocycles. The van der Waals surface area contributed by atoms with Crippen LogP contribution in [0, 0.1) is 17.8 Å². The molecule has 0 amide bonds. The molecule has 0 aromatic carbocycles. The lowest BCUT2D eigenvalue weighted by Crippen LogP contribution is -2.10. The average molecular weight is 164 g/mol. The van der Waals surface area contributed by atoms with Gasteiger partial charge in [0, 0.05) is 0 Å². The highest BCUT2D eigenvalue weighted by molar-refractivity contribution is 5.10. The van der Waals surface area contributed by atoms with Crippen LogP contribution >= 0.6 is 0 Å². The van der Waals surface area contributed by atoms with Crippen LogP contribution in [0.5, 0.6) is 0 Å². The summed E-state index contributed by atoms with van der Waals surface area (Å²) >= 11 is 0. The Morgan fingerprint density at radius 2 is 2.00 bits per heavy atom. The molecule has 0 heterocycles. The third kappa shape index (κ3) is 2.84. The van der Waals surface area contributed by atoms with E-state index in [1.807, 2.05) is 0 Å². The molecule has 1 aliphatic carbocycles. The largest absolute Gasteiger partial charge is 0.0840 e. The molecule has 0 aromatic rings. The zero-order valence-electron chi connectivity index (χ0n) is 8.46. The summed E-state index contributed by atoms with van der Waals surface area (Å²) in [6, 6.07) is 0. The first-order valence-corrected chi connectivity index (χ1v) is 5.03. The zero-order chi connectivity index (χ0) is 8.97. The normalized spacial score (nSPS) is 24.8. The lowest BCUT2D eigenvalue weighted by Gasteiger charge is -2.21. The van der Waals surface area contributed by atoms with E-state index in [0.29, 0.717) is 0 Å². The maximum Gasteiger partial charge on any atom is -0.0193 e. The molecule has 0 heteroatoms. The van der Waals surface area contributed by atoms with E-state index >= 15 is 0 Å². The first-order valence-electron chi connectivity index (χ1n) is 5.03. The molecular weight excluding hydrogens is 144 g/mol. The van der Waals surface area contributed by atoms with E-state index < -0.39 is 0 Å². The van der Waals surface area contributed by atoms with Crippen molar-refractivity contribution in [3.63, 3.8) is 0 Å². The van der Waals surface area contributed by atoms with E-state index in [0.717, 1.165) is 17.8 Å². The Labute approximate surface area is 76.4 Å². The monoisotopic (exact) mass is 164 g/mol. The minimum atomic E-state index is 0.799. The molecule has 0 nitrogen and oxygen atoms in total. The van der Waals surface area contributed by atoms with Gasteiger partial charge >= 0.3 is 0 Å². The van der Waals surface area contributed by atoms with Crippen molar-refractivity contribution in [2.45, 2.75) is 33.6 Å². The third-order valence-corrected chi connectivity index (χ3v) is 2.88. The number of hydrogen-bond acceptors (Lipinski definition) is 0. The van der Waals surface area contributed by atoms with Crippen molar-refractivity contribution in [1.29, 1.82) is 0 Å². The lowest BCUT2D eigenvalue weighted by molar-refractivity contribution is 0.348. The van der Waals surface area contributed by atoms with Gasteiger partial charge in [0.15, 0.2) is 0 Å². The summed E-state index contributed by atoms with van der Waals surface area (Å²) in [5.41, 5.74) is 0. The topological polar surface area (TPSA) is 0 Å². The molecule has 0 aromatic heterocycles. The van der Waals surface area contributed by atoms with Gasteiger partial charge in [-0.05, 0) is 30.6 Å². The Morgan fingerprint density at radius 3 is 2.50 bits per heavy atom. The second-order valence-corrected chi connectivity index (χ2v) is 4.27. The van der Waals surface area contributed by atoms with E-state index in [1.54, 1.807) is 0 Å². The van der Waals surface area contributed by atoms with E-state index in [9.17, 15) is 0 Å². The van der Waals surface area contributed by atoms with Gasteiger partial charge in [0.25, 0.3) is 0 Å². The minimum Gasteiger partial charge on any atom is -0.0840 e. The summed E-state index contributed by atoms with van der Waals surface area (Å²) in [4.78, 5) is 0. The molecule has 0 fully saturated rings. The van der Waals surface area contributed by atoms with Crippen molar-refractivity contribution in [3.8, 4) is 0 Å². The molecule has 1 rings (SSSR count). The Morgan fingerprint density at radius 1 is 1.25 bits per heavy atom. The Balaban J connectivity index is 2.31. The molecule has 0 saturated heterocycles. The summed E-state index contributed by atoms with van der Waals surface area (Å²) in [6.07, 6.45) is 11.5. The fraction of sp³-hybridized carbons (Fsp3) is 0.667. The van der Waals surface area contributed by atoms with Crippen molar-refractivity contribution in [1.82, 2.24) is 0 Å². The highest BCUT2D eigenvalue weighted by Crippen LogP contribution is 2.24. The summed E-state index contributed by atoms with van der Waals surface area (Å²) in [5, 5.41) is 0. The highest BCUT2D eigenvalue weighted by Gasteiger charge is 2.13. The summed E-state index contributed by atoms with van der Waals surface area (Å²) in [6.45, 7) is 6.98. The van der Waals surface area contributed by atoms with Gasteiger partial charge in [0.2, 0.25) is 0 Å². The first kappa shape index (κ1) is 9.57. The summed E-state index contributed by atoms with van der Waals surface area (Å²) in [7, 11) is 0. The Kier molecular flexibility index (Phi) is 3.58. The van der Waals surface area contributed by atoms with Gasteiger partial charge in [-0.3, -0.25) is 0 Å². The predicted octanol–water partition coefficient (Wildman–Crippen LogP) is 3.80. The van der Waals surface area contributed by atoms with Crippen LogP contribution in [0.2, 0.25) is 0 Å². The minimum absolute atomic E-state index is 0.799. The van der Waals surface area contributed by atoms with Crippen LogP contribution < -0.4 is 0 Å². The Hall–Kier alpha value is -0.520. The molecule has 2 atom stereocenters. The van der Waals surface area contributed by atoms with Gasteiger partial charge in [0.05, 0.1) is 0 Å². The van der Waals surface area contributed by atoms with Crippen LogP contribution in [0.15, 0.2) is 24.3 Å². The summed E-state index contributed by atoms with van der Waals surface area (Å²) < 4.78 is 0. The maximum absolute atomic E-state index is 2.36. The average Bonchev–Trinajstić information content (AvgIpc) is 2.06. The Bertz CT molecular complexity index is 174. The van der Waals surface area contributed by atoms with Gasteiger partial charge in [-0.1, -0.05) is 45.1 Å². The van der Waals surface area contributed by atoms with Gasteiger partial charge in [-0.15, -0.1) is 0 Å². The van der Waals surface area contributed by atoms with Crippen molar-refractivity contribution >= 4 is 0 Å². The number of allylic oxidation sites excluding steroid dienone is 4. The molecule has 0 bridgehead atoms. The molecule has 68 valence electrons. The molecule has 0 spiro atoms. The molecular formula is C12H20. The van der Waals surface area contributed by atoms with Crippen LogP contribution in [0.1, 0.15) is 33.6 Å². The molecule has 2 unspecified atom stereocenters. The predicted molar refractivity (Wildman–Crippen MR) is 55.0 cm³/mol. The van der Waals surface area contributed by atoms with Crippen LogP contribution in [-0.2, 0) is 0 Å². The fourth-order valence-electron chi connectivity index (χ4n) is 1.56. The van der Waals surface area contributed by atoms with Gasteiger partial charge in [-0.2, -0.15) is 0 Å². The molecule has 0 radical (unpaired) electrons. The van der Waals surface area contributed by atoms with Crippen LogP contribution in [0.25, 0.3) is 0 Å². The molecule has 0 aliphatic heterocycles. The molecule has 1 aliphatic rings. The van der Waals surface area contributed by atoms with Crippen molar-refractivity contribution in [2.75, 3.05) is 0 Å². The number of hydrogen-bond donors (Lipinski definition) is 0. The van der Waals surface area contributed by atoms with E-state index in [1.165, 1.54) is 12.8 Å². The molecule has 12 heavy (non-hydrogen) atoms. The maximum atomic E-state index is 2.36. The van der Waals surface area contributed by atoms with Crippen LogP contribution in [-0.4, -0.2) is 0 Å². The quantitative estimate of drug-likeness (QED) is 0.595. The lowest BCUT2D eigenvalue weighted by atomic mass is 9.85. The van der Waals surface area contributed by atoms with E-state index in [4.69, 9.17) is 0 Å². The fourth-order valence-corrected chi connectivity index (χ4v) is 1.56. The zero-order valence-corrected chi connectivity index (χ0v) is 8.46. The van der Waals surface area contributed by atoms with Crippen molar-refractivity contribution in [2.24, 2.45) is 17.8 Å². The van der Waals surface area contributed by atoms with E-state index in [-0.39, 0.29) is 0 Å². The number of rotatable bonds is 3. The van der Waals surface area contributed by atoms with Crippen molar-refractivity contribution in [3.05, 3.63) is 24.3 Å². The SMILES string of the molecule is CC(C)C(C)CC1C=CC=CC1. The van der Waals surface area contributed by atoms with Gasteiger partial charge < -0.3 is 0 Å². The second kappa shape index (κ2) is 4.49. The van der Waals surface area contributed by atoms with Crippen LogP contribution in [0.4, 0.5) is 0 Å².